The number of likely N-dealkylation sites (N-methyl/N-ethyl adjacent to an activating group) is 1. The highest BCUT2D eigenvalue weighted by molar-refractivity contribution is 8.27. The van der Waals surface area contributed by atoms with E-state index in [4.69, 9.17) is 9.47 Å². The smallest absolute Gasteiger partial charge is 0.291 e. The van der Waals surface area contributed by atoms with Crippen LogP contribution in [0.2, 0.25) is 0 Å². The van der Waals surface area contributed by atoms with Gasteiger partial charge >= 0.3 is 0 Å². The predicted octanol–water partition coefficient (Wildman–Crippen LogP) is 4.11. The lowest BCUT2D eigenvalue weighted by Gasteiger charge is -2.17. The molecule has 162 valence electrons. The first-order chi connectivity index (χ1) is 15.6. The van der Waals surface area contributed by atoms with Gasteiger partial charge in [0, 0.05) is 31.1 Å². The summed E-state index contributed by atoms with van der Waals surface area (Å²) in [6.07, 6.45) is 3.29. The maximum atomic E-state index is 11.7. The quantitative estimate of drug-likeness (QED) is 0.515. The Morgan fingerprint density at radius 3 is 2.53 bits per heavy atom. The van der Waals surface area contributed by atoms with Gasteiger partial charge in [-0.1, -0.05) is 30.3 Å². The Balaban J connectivity index is 1.29. The third-order valence-corrected chi connectivity index (χ3v) is 5.15. The number of hydrogen-bond acceptors (Lipinski definition) is 8. The summed E-state index contributed by atoms with van der Waals surface area (Å²) in [6.45, 7) is 0.994. The van der Waals surface area contributed by atoms with E-state index in [1.807, 2.05) is 66.5 Å². The van der Waals surface area contributed by atoms with Gasteiger partial charge in [0.1, 0.15) is 18.1 Å². The van der Waals surface area contributed by atoms with E-state index in [-0.39, 0.29) is 16.1 Å². The Hall–Kier alpha value is -3.85. The fourth-order valence-electron chi connectivity index (χ4n) is 2.83. The monoisotopic (exact) mass is 448 g/mol. The zero-order chi connectivity index (χ0) is 22.3. The summed E-state index contributed by atoms with van der Waals surface area (Å²) >= 11 is 0.659. The molecule has 8 nitrogen and oxygen atoms in total. The van der Waals surface area contributed by atoms with E-state index in [1.165, 1.54) is 0 Å². The third-order valence-electron chi connectivity index (χ3n) is 4.45. The number of carbonyl (C=O) groups is 2. The summed E-state index contributed by atoms with van der Waals surface area (Å²) in [4.78, 5) is 33.5. The van der Waals surface area contributed by atoms with Gasteiger partial charge in [-0.05, 0) is 35.9 Å². The van der Waals surface area contributed by atoms with Gasteiger partial charge in [0.05, 0.1) is 12.2 Å². The molecule has 9 heteroatoms. The molecule has 0 atom stereocenters. The van der Waals surface area contributed by atoms with Gasteiger partial charge in [0.2, 0.25) is 16.9 Å². The van der Waals surface area contributed by atoms with E-state index >= 15 is 0 Å². The molecule has 1 aromatic heterocycles. The Kier molecular flexibility index (Phi) is 6.66. The van der Waals surface area contributed by atoms with Crippen LogP contribution < -0.4 is 19.7 Å². The van der Waals surface area contributed by atoms with E-state index in [1.54, 1.807) is 18.3 Å². The molecule has 0 saturated carbocycles. The van der Waals surface area contributed by atoms with Gasteiger partial charge in [0.15, 0.2) is 0 Å². The third kappa shape index (κ3) is 5.64. The first kappa shape index (κ1) is 21.4. The van der Waals surface area contributed by atoms with Crippen LogP contribution in [-0.4, -0.2) is 40.5 Å². The van der Waals surface area contributed by atoms with Crippen LogP contribution in [0.4, 0.5) is 10.7 Å². The number of rotatable bonds is 8. The molecule has 0 aliphatic carbocycles. The minimum Gasteiger partial charge on any atom is -0.492 e. The zero-order valence-corrected chi connectivity index (χ0v) is 18.0. The lowest BCUT2D eigenvalue weighted by Crippen LogP contribution is -2.25. The second kappa shape index (κ2) is 9.97. The first-order valence-electron chi connectivity index (χ1n) is 9.82. The highest BCUT2D eigenvalue weighted by atomic mass is 32.2. The molecule has 3 aromatic rings. The summed E-state index contributed by atoms with van der Waals surface area (Å²) in [5.74, 6) is 2.40. The van der Waals surface area contributed by atoms with Crippen molar-refractivity contribution < 1.29 is 19.1 Å². The molecular formula is C23H20N4O4S. The number of amides is 1. The average molecular weight is 449 g/mol. The molecule has 32 heavy (non-hydrogen) atoms. The van der Waals surface area contributed by atoms with E-state index in [0.717, 1.165) is 5.56 Å². The Labute approximate surface area is 189 Å². The molecule has 1 N–H and O–H groups in total. The van der Waals surface area contributed by atoms with Gasteiger partial charge < -0.3 is 19.7 Å². The van der Waals surface area contributed by atoms with Crippen LogP contribution in [-0.2, 0) is 4.79 Å². The fourth-order valence-corrected chi connectivity index (χ4v) is 3.38. The zero-order valence-electron chi connectivity index (χ0n) is 17.2. The molecule has 0 spiro atoms. The number of para-hydroxylation sites is 1. The first-order valence-corrected chi connectivity index (χ1v) is 10.6. The van der Waals surface area contributed by atoms with Crippen LogP contribution in [0, 0.1) is 0 Å². The van der Waals surface area contributed by atoms with Crippen molar-refractivity contribution in [3.63, 3.8) is 0 Å². The van der Waals surface area contributed by atoms with Crippen molar-refractivity contribution >= 4 is 34.1 Å². The topological polar surface area (TPSA) is 93.7 Å². The van der Waals surface area contributed by atoms with Crippen LogP contribution in [0.25, 0.3) is 6.08 Å². The van der Waals surface area contributed by atoms with Gasteiger partial charge in [-0.2, -0.15) is 4.98 Å². The summed E-state index contributed by atoms with van der Waals surface area (Å²) in [5, 5.41) is 1.89. The Bertz CT molecular complexity index is 1140. The standard InChI is InChI=1S/C23H20N4O4S/c1-27(22-24-12-11-20(26-22)31-18-5-3-2-4-6-18)13-14-30-17-9-7-16(8-10-17)15-19-21(28)32-23(29)25-19/h2-12,15H,13-14H2,1H3,(H,25,29). The molecule has 1 fully saturated rings. The highest BCUT2D eigenvalue weighted by Gasteiger charge is 2.25. The van der Waals surface area contributed by atoms with Crippen LogP contribution in [0.3, 0.4) is 0 Å². The normalized spacial score (nSPS) is 14.3. The van der Waals surface area contributed by atoms with Crippen LogP contribution in [0.5, 0.6) is 17.4 Å². The molecule has 1 aliphatic rings. The minimum absolute atomic E-state index is 0.279. The minimum atomic E-state index is -0.355. The molecule has 1 amide bonds. The molecular weight excluding hydrogens is 428 g/mol. The number of aromatic nitrogens is 2. The second-order valence-corrected chi connectivity index (χ2v) is 7.75. The van der Waals surface area contributed by atoms with Crippen LogP contribution in [0.15, 0.2) is 72.6 Å². The number of carbonyl (C=O) groups excluding carboxylic acids is 2. The average Bonchev–Trinajstić information content (AvgIpc) is 3.12. The van der Waals surface area contributed by atoms with Crippen molar-refractivity contribution in [3.8, 4) is 17.4 Å². The van der Waals surface area contributed by atoms with E-state index in [0.29, 0.717) is 48.2 Å². The number of ether oxygens (including phenoxy) is 2. The van der Waals surface area contributed by atoms with Crippen molar-refractivity contribution in [1.29, 1.82) is 0 Å². The predicted molar refractivity (Wildman–Crippen MR) is 123 cm³/mol. The molecule has 0 unspecified atom stereocenters. The number of nitrogens with zero attached hydrogens (tertiary/aromatic N) is 3. The van der Waals surface area contributed by atoms with Crippen molar-refractivity contribution in [2.24, 2.45) is 0 Å². The van der Waals surface area contributed by atoms with Crippen molar-refractivity contribution in [2.75, 3.05) is 25.1 Å². The summed E-state index contributed by atoms with van der Waals surface area (Å²) in [7, 11) is 1.88. The lowest BCUT2D eigenvalue weighted by atomic mass is 10.2. The molecule has 2 aromatic carbocycles. The Morgan fingerprint density at radius 2 is 1.81 bits per heavy atom. The molecule has 0 bridgehead atoms. The number of benzene rings is 2. The van der Waals surface area contributed by atoms with E-state index in [2.05, 4.69) is 15.3 Å². The Morgan fingerprint density at radius 1 is 1.03 bits per heavy atom. The maximum absolute atomic E-state index is 11.7. The van der Waals surface area contributed by atoms with Crippen molar-refractivity contribution in [3.05, 3.63) is 78.1 Å². The van der Waals surface area contributed by atoms with Crippen molar-refractivity contribution in [1.82, 2.24) is 15.3 Å². The van der Waals surface area contributed by atoms with Gasteiger partial charge in [0.25, 0.3) is 5.24 Å². The SMILES string of the molecule is CN(CCOc1ccc(C=C2NC(=O)SC2=O)cc1)c1nccc(Oc2ccccc2)n1. The number of thioether (sulfide) groups is 1. The fraction of sp³-hybridized carbons (Fsp3) is 0.130. The molecule has 1 saturated heterocycles. The molecule has 4 rings (SSSR count). The van der Waals surface area contributed by atoms with Crippen molar-refractivity contribution in [2.45, 2.75) is 0 Å². The highest BCUT2D eigenvalue weighted by Crippen LogP contribution is 2.22. The van der Waals surface area contributed by atoms with Gasteiger partial charge in [-0.25, -0.2) is 4.98 Å². The maximum Gasteiger partial charge on any atom is 0.291 e. The molecule has 2 heterocycles. The molecule has 0 radical (unpaired) electrons. The van der Waals surface area contributed by atoms with Crippen LogP contribution >= 0.6 is 11.8 Å². The van der Waals surface area contributed by atoms with E-state index in [9.17, 15) is 9.59 Å². The van der Waals surface area contributed by atoms with Crippen LogP contribution in [0.1, 0.15) is 5.56 Å². The summed E-state index contributed by atoms with van der Waals surface area (Å²) in [6, 6.07) is 18.4. The summed E-state index contributed by atoms with van der Waals surface area (Å²) in [5.41, 5.74) is 1.08. The lowest BCUT2D eigenvalue weighted by molar-refractivity contribution is -0.107. The molecule has 1 aliphatic heterocycles. The van der Waals surface area contributed by atoms with Gasteiger partial charge in [-0.15, -0.1) is 0 Å². The number of hydrogen-bond donors (Lipinski definition) is 1. The number of anilines is 1. The van der Waals surface area contributed by atoms with Gasteiger partial charge in [-0.3, -0.25) is 9.59 Å². The van der Waals surface area contributed by atoms with E-state index < -0.39 is 0 Å². The largest absolute Gasteiger partial charge is 0.492 e. The second-order valence-electron chi connectivity index (χ2n) is 6.81. The summed E-state index contributed by atoms with van der Waals surface area (Å²) < 4.78 is 11.6. The number of nitrogens with one attached hydrogen (secondary N) is 1.